The second kappa shape index (κ2) is 5.98. The molecule has 98 valence electrons. The van der Waals surface area contributed by atoms with Crippen LogP contribution >= 0.6 is 0 Å². The molecule has 1 aromatic carbocycles. The molecule has 1 atom stereocenters. The first-order valence-corrected chi connectivity index (χ1v) is 6.46. The maximum absolute atomic E-state index is 11.9. The fourth-order valence-electron chi connectivity index (χ4n) is 2.28. The second-order valence-electron chi connectivity index (χ2n) is 5.01. The average Bonchev–Trinajstić information content (AvgIpc) is 2.28. The average molecular weight is 247 g/mol. The van der Waals surface area contributed by atoms with Crippen LogP contribution in [0.15, 0.2) is 24.3 Å². The monoisotopic (exact) mass is 247 g/mol. The molecule has 1 saturated heterocycles. The van der Waals surface area contributed by atoms with Crippen molar-refractivity contribution < 1.29 is 4.79 Å². The quantitative estimate of drug-likeness (QED) is 0.844. The normalized spacial score (nSPS) is 20.7. The highest BCUT2D eigenvalue weighted by Crippen LogP contribution is 2.09. The van der Waals surface area contributed by atoms with Gasteiger partial charge in [-0.3, -0.25) is 9.69 Å². The third-order valence-corrected chi connectivity index (χ3v) is 3.12. The highest BCUT2D eigenvalue weighted by atomic mass is 16.2. The minimum Gasteiger partial charge on any atom is -0.325 e. The third kappa shape index (κ3) is 3.82. The summed E-state index contributed by atoms with van der Waals surface area (Å²) in [6.07, 6.45) is 0. The summed E-state index contributed by atoms with van der Waals surface area (Å²) >= 11 is 0. The van der Waals surface area contributed by atoms with Crippen LogP contribution < -0.4 is 10.6 Å². The molecule has 2 N–H and O–H groups in total. The Morgan fingerprint density at radius 3 is 3.11 bits per heavy atom. The zero-order valence-electron chi connectivity index (χ0n) is 11.1. The minimum atomic E-state index is 0.0645. The summed E-state index contributed by atoms with van der Waals surface area (Å²) in [6, 6.07) is 8.35. The van der Waals surface area contributed by atoms with Crippen molar-refractivity contribution in [3.8, 4) is 0 Å². The molecule has 0 spiro atoms. The zero-order chi connectivity index (χ0) is 13.0. The van der Waals surface area contributed by atoms with Crippen LogP contribution in [0.2, 0.25) is 0 Å². The molecule has 1 aliphatic heterocycles. The van der Waals surface area contributed by atoms with E-state index in [4.69, 9.17) is 0 Å². The van der Waals surface area contributed by atoms with Gasteiger partial charge < -0.3 is 10.6 Å². The molecule has 18 heavy (non-hydrogen) atoms. The number of nitrogens with one attached hydrogen (secondary N) is 2. The molecule has 4 nitrogen and oxygen atoms in total. The van der Waals surface area contributed by atoms with Crippen LogP contribution in [-0.4, -0.2) is 43.0 Å². The molecule has 0 bridgehead atoms. The molecule has 2 rings (SSSR count). The van der Waals surface area contributed by atoms with Gasteiger partial charge in [-0.25, -0.2) is 0 Å². The Hall–Kier alpha value is -1.39. The predicted octanol–water partition coefficient (Wildman–Crippen LogP) is 1.23. The summed E-state index contributed by atoms with van der Waals surface area (Å²) in [4.78, 5) is 14.1. The van der Waals surface area contributed by atoms with E-state index in [-0.39, 0.29) is 5.91 Å². The maximum Gasteiger partial charge on any atom is 0.238 e. The Balaban J connectivity index is 1.85. The lowest BCUT2D eigenvalue weighted by Crippen LogP contribution is -2.51. The molecule has 0 aliphatic carbocycles. The number of aryl methyl sites for hydroxylation is 1. The SMILES string of the molecule is Cc1cccc(NC(=O)CN2CCN[C@@H](C)C2)c1. The van der Waals surface area contributed by atoms with Crippen molar-refractivity contribution in [1.29, 1.82) is 0 Å². The van der Waals surface area contributed by atoms with Crippen LogP contribution in [0.1, 0.15) is 12.5 Å². The van der Waals surface area contributed by atoms with Gasteiger partial charge in [-0.2, -0.15) is 0 Å². The molecule has 0 unspecified atom stereocenters. The molecular formula is C14H21N3O. The number of piperazine rings is 1. The molecule has 0 aromatic heterocycles. The number of carbonyl (C=O) groups is 1. The van der Waals surface area contributed by atoms with Gasteiger partial charge in [-0.05, 0) is 31.5 Å². The number of carbonyl (C=O) groups excluding carboxylic acids is 1. The van der Waals surface area contributed by atoms with E-state index in [1.54, 1.807) is 0 Å². The Labute approximate surface area is 108 Å². The van der Waals surface area contributed by atoms with Crippen molar-refractivity contribution in [3.05, 3.63) is 29.8 Å². The summed E-state index contributed by atoms with van der Waals surface area (Å²) in [7, 11) is 0. The van der Waals surface area contributed by atoms with Crippen LogP contribution in [-0.2, 0) is 4.79 Å². The molecular weight excluding hydrogens is 226 g/mol. The van der Waals surface area contributed by atoms with E-state index in [0.29, 0.717) is 12.6 Å². The Morgan fingerprint density at radius 2 is 2.39 bits per heavy atom. The van der Waals surface area contributed by atoms with Crippen molar-refractivity contribution in [2.24, 2.45) is 0 Å². The summed E-state index contributed by atoms with van der Waals surface area (Å²) in [5.41, 5.74) is 2.03. The lowest BCUT2D eigenvalue weighted by molar-refractivity contribution is -0.117. The molecule has 0 radical (unpaired) electrons. The van der Waals surface area contributed by atoms with Crippen LogP contribution in [0, 0.1) is 6.92 Å². The number of rotatable bonds is 3. The van der Waals surface area contributed by atoms with E-state index >= 15 is 0 Å². The second-order valence-corrected chi connectivity index (χ2v) is 5.01. The van der Waals surface area contributed by atoms with E-state index in [1.807, 2.05) is 31.2 Å². The van der Waals surface area contributed by atoms with E-state index in [2.05, 4.69) is 22.5 Å². The fourth-order valence-corrected chi connectivity index (χ4v) is 2.28. The van der Waals surface area contributed by atoms with Gasteiger partial charge in [0.15, 0.2) is 0 Å². The van der Waals surface area contributed by atoms with Crippen molar-refractivity contribution in [2.75, 3.05) is 31.5 Å². The lowest BCUT2D eigenvalue weighted by Gasteiger charge is -2.31. The van der Waals surface area contributed by atoms with Gasteiger partial charge in [0.1, 0.15) is 0 Å². The number of hydrogen-bond acceptors (Lipinski definition) is 3. The summed E-state index contributed by atoms with van der Waals surface area (Å²) in [6.45, 7) is 7.46. The van der Waals surface area contributed by atoms with Crippen molar-refractivity contribution >= 4 is 11.6 Å². The smallest absolute Gasteiger partial charge is 0.238 e. The summed E-state index contributed by atoms with van der Waals surface area (Å²) in [5.74, 6) is 0.0645. The van der Waals surface area contributed by atoms with E-state index in [1.165, 1.54) is 0 Å². The largest absolute Gasteiger partial charge is 0.325 e. The number of amides is 1. The Kier molecular flexibility index (Phi) is 4.33. The van der Waals surface area contributed by atoms with Crippen molar-refractivity contribution in [1.82, 2.24) is 10.2 Å². The topological polar surface area (TPSA) is 44.4 Å². The molecule has 4 heteroatoms. The van der Waals surface area contributed by atoms with Crippen LogP contribution in [0.4, 0.5) is 5.69 Å². The molecule has 1 fully saturated rings. The van der Waals surface area contributed by atoms with Gasteiger partial charge in [0.05, 0.1) is 6.54 Å². The van der Waals surface area contributed by atoms with Crippen molar-refractivity contribution in [2.45, 2.75) is 19.9 Å². The number of nitrogens with zero attached hydrogens (tertiary/aromatic N) is 1. The molecule has 1 aromatic rings. The van der Waals surface area contributed by atoms with Gasteiger partial charge in [-0.15, -0.1) is 0 Å². The fraction of sp³-hybridized carbons (Fsp3) is 0.500. The van der Waals surface area contributed by atoms with Gasteiger partial charge in [-0.1, -0.05) is 12.1 Å². The van der Waals surface area contributed by atoms with Gasteiger partial charge in [0.2, 0.25) is 5.91 Å². The molecule has 1 aliphatic rings. The highest BCUT2D eigenvalue weighted by Gasteiger charge is 2.17. The van der Waals surface area contributed by atoms with E-state index in [0.717, 1.165) is 30.9 Å². The molecule has 1 heterocycles. The molecule has 1 amide bonds. The highest BCUT2D eigenvalue weighted by molar-refractivity contribution is 5.92. The van der Waals surface area contributed by atoms with Crippen LogP contribution in [0.3, 0.4) is 0 Å². The zero-order valence-corrected chi connectivity index (χ0v) is 11.1. The van der Waals surface area contributed by atoms with Gasteiger partial charge in [0.25, 0.3) is 0 Å². The minimum absolute atomic E-state index is 0.0645. The van der Waals surface area contributed by atoms with E-state index < -0.39 is 0 Å². The van der Waals surface area contributed by atoms with Crippen molar-refractivity contribution in [3.63, 3.8) is 0 Å². The number of benzene rings is 1. The lowest BCUT2D eigenvalue weighted by atomic mass is 10.2. The van der Waals surface area contributed by atoms with Gasteiger partial charge >= 0.3 is 0 Å². The van der Waals surface area contributed by atoms with Crippen LogP contribution in [0.25, 0.3) is 0 Å². The number of hydrogen-bond donors (Lipinski definition) is 2. The maximum atomic E-state index is 11.9. The Morgan fingerprint density at radius 1 is 1.56 bits per heavy atom. The summed E-state index contributed by atoms with van der Waals surface area (Å²) < 4.78 is 0. The standard InChI is InChI=1S/C14H21N3O/c1-11-4-3-5-13(8-11)16-14(18)10-17-7-6-15-12(2)9-17/h3-5,8,12,15H,6-7,9-10H2,1-2H3,(H,16,18)/t12-/m0/s1. The Bertz CT molecular complexity index is 419. The predicted molar refractivity (Wildman–Crippen MR) is 73.7 cm³/mol. The first-order chi connectivity index (χ1) is 8.63. The first-order valence-electron chi connectivity index (χ1n) is 6.46. The number of anilines is 1. The third-order valence-electron chi connectivity index (χ3n) is 3.12. The first kappa shape index (κ1) is 13.1. The van der Waals surface area contributed by atoms with E-state index in [9.17, 15) is 4.79 Å². The summed E-state index contributed by atoms with van der Waals surface area (Å²) in [5, 5.41) is 6.31. The molecule has 0 saturated carbocycles. The van der Waals surface area contributed by atoms with Gasteiger partial charge in [0, 0.05) is 31.4 Å². The van der Waals surface area contributed by atoms with Crippen LogP contribution in [0.5, 0.6) is 0 Å².